The Morgan fingerprint density at radius 2 is 1.94 bits per heavy atom. The van der Waals surface area contributed by atoms with Gasteiger partial charge in [0, 0.05) is 43.5 Å². The smallest absolute Gasteiger partial charge is 0.234 e. The molecular formula is C24H23N7O2. The summed E-state index contributed by atoms with van der Waals surface area (Å²) in [5.41, 5.74) is 3.22. The van der Waals surface area contributed by atoms with Crippen LogP contribution in [0.1, 0.15) is 12.8 Å². The van der Waals surface area contributed by atoms with Crippen LogP contribution in [0.15, 0.2) is 60.9 Å². The Morgan fingerprint density at radius 3 is 2.64 bits per heavy atom. The molecule has 0 atom stereocenters. The van der Waals surface area contributed by atoms with Crippen molar-refractivity contribution in [2.24, 2.45) is 7.05 Å². The predicted octanol–water partition coefficient (Wildman–Crippen LogP) is 3.82. The summed E-state index contributed by atoms with van der Waals surface area (Å²) in [5.74, 6) is 1.88. The number of carbonyl (C=O) groups is 1. The third kappa shape index (κ3) is 4.12. The molecule has 1 N–H and O–H groups in total. The molecule has 9 nitrogen and oxygen atoms in total. The van der Waals surface area contributed by atoms with Gasteiger partial charge in [-0.2, -0.15) is 10.1 Å². The maximum absolute atomic E-state index is 12.5. The van der Waals surface area contributed by atoms with Crippen LogP contribution in [0.4, 0.5) is 17.6 Å². The summed E-state index contributed by atoms with van der Waals surface area (Å²) < 4.78 is 7.52. The van der Waals surface area contributed by atoms with Crippen LogP contribution in [-0.2, 0) is 11.8 Å². The van der Waals surface area contributed by atoms with E-state index in [-0.39, 0.29) is 5.91 Å². The van der Waals surface area contributed by atoms with Crippen LogP contribution in [0.3, 0.4) is 0 Å². The van der Waals surface area contributed by atoms with Crippen molar-refractivity contribution in [3.8, 4) is 28.3 Å². The molecule has 0 spiro atoms. The van der Waals surface area contributed by atoms with Gasteiger partial charge >= 0.3 is 0 Å². The van der Waals surface area contributed by atoms with E-state index in [2.05, 4.69) is 20.4 Å². The number of nitrogens with zero attached hydrogens (tertiary/aromatic N) is 6. The van der Waals surface area contributed by atoms with Crippen molar-refractivity contribution in [1.29, 1.82) is 0 Å². The number of ether oxygens (including phenoxy) is 1. The zero-order valence-corrected chi connectivity index (χ0v) is 18.4. The van der Waals surface area contributed by atoms with Gasteiger partial charge in [-0.15, -0.1) is 0 Å². The Labute approximate surface area is 191 Å². The van der Waals surface area contributed by atoms with Gasteiger partial charge in [-0.05, 0) is 30.7 Å². The molecule has 0 bridgehead atoms. The van der Waals surface area contributed by atoms with Crippen molar-refractivity contribution in [3.05, 3.63) is 60.9 Å². The van der Waals surface area contributed by atoms with Crippen molar-refractivity contribution < 1.29 is 9.53 Å². The second-order valence-electron chi connectivity index (χ2n) is 7.70. The van der Waals surface area contributed by atoms with Gasteiger partial charge < -0.3 is 10.1 Å². The first-order valence-corrected chi connectivity index (χ1v) is 10.7. The van der Waals surface area contributed by atoms with Crippen molar-refractivity contribution in [3.63, 3.8) is 0 Å². The van der Waals surface area contributed by atoms with Crippen LogP contribution in [0.25, 0.3) is 22.5 Å². The molecule has 1 saturated heterocycles. The van der Waals surface area contributed by atoms with E-state index in [0.717, 1.165) is 23.2 Å². The summed E-state index contributed by atoms with van der Waals surface area (Å²) in [4.78, 5) is 27.8. The van der Waals surface area contributed by atoms with Gasteiger partial charge in [0.15, 0.2) is 11.6 Å². The number of amides is 1. The fraction of sp³-hybridized carbons (Fsp3) is 0.208. The Bertz CT molecular complexity index is 1300. The highest BCUT2D eigenvalue weighted by molar-refractivity contribution is 5.94. The summed E-state index contributed by atoms with van der Waals surface area (Å²) in [5, 5.41) is 7.72. The van der Waals surface area contributed by atoms with Gasteiger partial charge in [-0.25, -0.2) is 9.97 Å². The van der Waals surface area contributed by atoms with Gasteiger partial charge in [0.25, 0.3) is 0 Å². The molecule has 0 radical (unpaired) electrons. The van der Waals surface area contributed by atoms with E-state index in [1.807, 2.05) is 61.8 Å². The van der Waals surface area contributed by atoms with E-state index in [1.165, 1.54) is 0 Å². The van der Waals surface area contributed by atoms with Gasteiger partial charge in [0.2, 0.25) is 11.9 Å². The lowest BCUT2D eigenvalue weighted by molar-refractivity contribution is -0.117. The number of hydrogen-bond donors (Lipinski definition) is 1. The topological polar surface area (TPSA) is 98.1 Å². The summed E-state index contributed by atoms with van der Waals surface area (Å²) in [6.45, 7) is 0.585. The van der Waals surface area contributed by atoms with Crippen molar-refractivity contribution in [2.45, 2.75) is 12.8 Å². The first-order chi connectivity index (χ1) is 16.1. The van der Waals surface area contributed by atoms with E-state index in [9.17, 15) is 4.79 Å². The molecular weight excluding hydrogens is 418 g/mol. The molecule has 9 heteroatoms. The quantitative estimate of drug-likeness (QED) is 0.486. The van der Waals surface area contributed by atoms with Gasteiger partial charge in [0.05, 0.1) is 12.8 Å². The van der Waals surface area contributed by atoms with Crippen LogP contribution in [0.2, 0.25) is 0 Å². The average Bonchev–Trinajstić information content (AvgIpc) is 3.47. The lowest BCUT2D eigenvalue weighted by atomic mass is 10.1. The third-order valence-electron chi connectivity index (χ3n) is 5.43. The average molecular weight is 441 g/mol. The molecule has 4 heterocycles. The van der Waals surface area contributed by atoms with Crippen molar-refractivity contribution in [1.82, 2.24) is 24.7 Å². The summed E-state index contributed by atoms with van der Waals surface area (Å²) >= 11 is 0. The van der Waals surface area contributed by atoms with E-state index in [1.54, 1.807) is 22.9 Å². The van der Waals surface area contributed by atoms with Gasteiger partial charge in [-0.1, -0.05) is 24.3 Å². The third-order valence-corrected chi connectivity index (χ3v) is 5.43. The second kappa shape index (κ2) is 8.70. The molecule has 5 rings (SSSR count). The molecule has 1 aliphatic rings. The van der Waals surface area contributed by atoms with Crippen molar-refractivity contribution in [2.75, 3.05) is 23.9 Å². The molecule has 1 fully saturated rings. The van der Waals surface area contributed by atoms with Crippen molar-refractivity contribution >= 4 is 23.5 Å². The minimum Gasteiger partial charge on any atom is -0.491 e. The number of aromatic nitrogens is 5. The first kappa shape index (κ1) is 20.6. The Morgan fingerprint density at radius 1 is 1.06 bits per heavy atom. The standard InChI is InChI=1S/C24H23N7O2/c1-30-14-11-18(29-30)16-7-5-8-17(15-16)21-22(33-2)23(26-19-9-3-4-12-25-19)28-24(27-21)31-13-6-10-20(31)32/h3-5,7-9,11-12,14-15H,6,10,13H2,1-2H3,(H,25,26,27,28). The molecule has 0 unspecified atom stereocenters. The Balaban J connectivity index is 1.65. The lowest BCUT2D eigenvalue weighted by Gasteiger charge is -2.19. The molecule has 166 valence electrons. The lowest BCUT2D eigenvalue weighted by Crippen LogP contribution is -2.26. The number of nitrogens with one attached hydrogen (secondary N) is 1. The van der Waals surface area contributed by atoms with E-state index < -0.39 is 0 Å². The summed E-state index contributed by atoms with van der Waals surface area (Å²) in [7, 11) is 3.46. The minimum atomic E-state index is 0.0112. The number of pyridine rings is 1. The molecule has 33 heavy (non-hydrogen) atoms. The Hall–Kier alpha value is -4.27. The molecule has 0 aliphatic carbocycles. The van der Waals surface area contributed by atoms with E-state index in [0.29, 0.717) is 42.0 Å². The highest BCUT2D eigenvalue weighted by Crippen LogP contribution is 2.38. The van der Waals surface area contributed by atoms with Crippen LogP contribution in [0, 0.1) is 0 Å². The number of anilines is 3. The largest absolute Gasteiger partial charge is 0.491 e. The predicted molar refractivity (Wildman–Crippen MR) is 125 cm³/mol. The number of aryl methyl sites for hydroxylation is 1. The maximum Gasteiger partial charge on any atom is 0.234 e. The maximum atomic E-state index is 12.5. The molecule has 1 amide bonds. The van der Waals surface area contributed by atoms with E-state index >= 15 is 0 Å². The minimum absolute atomic E-state index is 0.0112. The molecule has 4 aromatic rings. The fourth-order valence-electron chi connectivity index (χ4n) is 3.85. The SMILES string of the molecule is COc1c(Nc2ccccn2)nc(N2CCCC2=O)nc1-c1cccc(-c2ccn(C)n2)c1. The summed E-state index contributed by atoms with van der Waals surface area (Å²) in [6.07, 6.45) is 4.86. The highest BCUT2D eigenvalue weighted by atomic mass is 16.5. The number of benzene rings is 1. The highest BCUT2D eigenvalue weighted by Gasteiger charge is 2.27. The zero-order chi connectivity index (χ0) is 22.8. The van der Waals surface area contributed by atoms with Crippen LogP contribution in [0.5, 0.6) is 5.75 Å². The molecule has 1 aromatic carbocycles. The number of hydrogen-bond acceptors (Lipinski definition) is 7. The zero-order valence-electron chi connectivity index (χ0n) is 18.4. The first-order valence-electron chi connectivity index (χ1n) is 10.7. The second-order valence-corrected chi connectivity index (χ2v) is 7.70. The van der Waals surface area contributed by atoms with Gasteiger partial charge in [0.1, 0.15) is 11.5 Å². The molecule has 0 saturated carbocycles. The van der Waals surface area contributed by atoms with Crippen LogP contribution >= 0.6 is 0 Å². The Kier molecular flexibility index (Phi) is 5.43. The van der Waals surface area contributed by atoms with E-state index in [4.69, 9.17) is 9.72 Å². The molecule has 1 aliphatic heterocycles. The van der Waals surface area contributed by atoms with Crippen LogP contribution in [-0.4, -0.2) is 44.3 Å². The van der Waals surface area contributed by atoms with Crippen LogP contribution < -0.4 is 15.0 Å². The number of carbonyl (C=O) groups excluding carboxylic acids is 1. The fourth-order valence-corrected chi connectivity index (χ4v) is 3.85. The normalized spacial score (nSPS) is 13.4. The van der Waals surface area contributed by atoms with Gasteiger partial charge in [-0.3, -0.25) is 14.4 Å². The number of rotatable bonds is 6. The molecule has 3 aromatic heterocycles. The monoisotopic (exact) mass is 441 g/mol. The summed E-state index contributed by atoms with van der Waals surface area (Å²) in [6, 6.07) is 15.4. The number of methoxy groups -OCH3 is 1.